The summed E-state index contributed by atoms with van der Waals surface area (Å²) in [7, 11) is -0.583. The minimum absolute atomic E-state index is 0.583. The Bertz CT molecular complexity index is 824. The fraction of sp³-hybridized carbons (Fsp3) is 0.111. The van der Waals surface area contributed by atoms with Crippen molar-refractivity contribution in [1.82, 2.24) is 0 Å². The first-order chi connectivity index (χ1) is 13.7. The van der Waals surface area contributed by atoms with Crippen molar-refractivity contribution in [2.75, 3.05) is 0 Å². The van der Waals surface area contributed by atoms with Gasteiger partial charge in [-0.1, -0.05) is 109 Å². The van der Waals surface area contributed by atoms with E-state index in [9.17, 15) is 0 Å². The van der Waals surface area contributed by atoms with Crippen LogP contribution in [-0.2, 0) is 0 Å². The third-order valence-corrected chi connectivity index (χ3v) is 6.97. The normalized spacial score (nSPS) is 13.0. The van der Waals surface area contributed by atoms with E-state index < -0.39 is 7.92 Å². The van der Waals surface area contributed by atoms with E-state index in [0.717, 1.165) is 0 Å². The molecule has 1 heteroatoms. The van der Waals surface area contributed by atoms with Gasteiger partial charge >= 0.3 is 0 Å². The lowest BCUT2D eigenvalue weighted by atomic mass is 10.2. The van der Waals surface area contributed by atoms with Crippen LogP contribution < -0.4 is 15.9 Å². The standard InChI is InChI=1S/C27H27P/c1-4-7-22-10-16-25(17-11-22)28(26-18-12-23(8-5-2)13-19-26)27-20-14-24(9-6-3)15-21-27/h4-21H,1-3H3. The minimum atomic E-state index is -0.583. The van der Waals surface area contributed by atoms with E-state index in [-0.39, 0.29) is 0 Å². The van der Waals surface area contributed by atoms with Crippen LogP contribution in [0.5, 0.6) is 0 Å². The van der Waals surface area contributed by atoms with Crippen LogP contribution in [0.15, 0.2) is 91.0 Å². The molecule has 0 atom stereocenters. The van der Waals surface area contributed by atoms with E-state index in [4.69, 9.17) is 0 Å². The molecule has 0 aliphatic rings. The number of rotatable bonds is 6. The Balaban J connectivity index is 2.04. The number of hydrogen-bond donors (Lipinski definition) is 0. The molecular formula is C27H27P. The number of benzene rings is 3. The zero-order valence-corrected chi connectivity index (χ0v) is 17.7. The van der Waals surface area contributed by atoms with E-state index in [0.29, 0.717) is 0 Å². The first kappa shape index (κ1) is 20.1. The van der Waals surface area contributed by atoms with Crippen molar-refractivity contribution in [3.63, 3.8) is 0 Å². The Hall–Kier alpha value is -2.69. The van der Waals surface area contributed by atoms with E-state index in [2.05, 4.69) is 130 Å². The first-order valence-corrected chi connectivity index (χ1v) is 11.1. The predicted octanol–water partition coefficient (Wildman–Crippen LogP) is 6.54. The quantitative estimate of drug-likeness (QED) is 0.424. The van der Waals surface area contributed by atoms with Gasteiger partial charge in [0.1, 0.15) is 0 Å². The maximum absolute atomic E-state index is 2.28. The highest BCUT2D eigenvalue weighted by atomic mass is 31.1. The highest BCUT2D eigenvalue weighted by molar-refractivity contribution is 7.79. The van der Waals surface area contributed by atoms with E-state index in [1.54, 1.807) is 0 Å². The fourth-order valence-corrected chi connectivity index (χ4v) is 5.46. The van der Waals surface area contributed by atoms with Gasteiger partial charge in [-0.05, 0) is 61.3 Å². The first-order valence-electron chi connectivity index (χ1n) is 9.73. The Morgan fingerprint density at radius 3 is 0.893 bits per heavy atom. The fourth-order valence-electron chi connectivity index (χ4n) is 3.23. The van der Waals surface area contributed by atoms with E-state index in [1.807, 2.05) is 0 Å². The van der Waals surface area contributed by atoms with Crippen LogP contribution in [0.4, 0.5) is 0 Å². The topological polar surface area (TPSA) is 0 Å². The molecule has 3 rings (SSSR count). The van der Waals surface area contributed by atoms with E-state index >= 15 is 0 Å². The van der Waals surface area contributed by atoms with E-state index in [1.165, 1.54) is 32.6 Å². The van der Waals surface area contributed by atoms with Gasteiger partial charge < -0.3 is 0 Å². The van der Waals surface area contributed by atoms with Gasteiger partial charge in [0, 0.05) is 0 Å². The average molecular weight is 382 g/mol. The Labute approximate surface area is 170 Å². The molecule has 0 aromatic heterocycles. The molecule has 0 heterocycles. The molecule has 0 fully saturated rings. The molecule has 3 aromatic rings. The van der Waals surface area contributed by atoms with Gasteiger partial charge in [-0.15, -0.1) is 0 Å². The highest BCUT2D eigenvalue weighted by Crippen LogP contribution is 2.33. The van der Waals surface area contributed by atoms with Gasteiger partial charge in [0.2, 0.25) is 0 Å². The van der Waals surface area contributed by atoms with Gasteiger partial charge in [0.25, 0.3) is 0 Å². The second kappa shape index (κ2) is 10.0. The van der Waals surface area contributed by atoms with Gasteiger partial charge in [0.15, 0.2) is 0 Å². The summed E-state index contributed by atoms with van der Waals surface area (Å²) >= 11 is 0. The molecule has 0 aliphatic carbocycles. The van der Waals surface area contributed by atoms with Gasteiger partial charge in [-0.3, -0.25) is 0 Å². The molecule has 0 bridgehead atoms. The Morgan fingerprint density at radius 1 is 0.429 bits per heavy atom. The lowest BCUT2D eigenvalue weighted by Crippen LogP contribution is -2.20. The molecule has 0 saturated carbocycles. The summed E-state index contributed by atoms with van der Waals surface area (Å²) in [5.74, 6) is 0. The second-order valence-electron chi connectivity index (χ2n) is 6.61. The molecule has 0 radical (unpaired) electrons. The van der Waals surface area contributed by atoms with Crippen LogP contribution in [0.3, 0.4) is 0 Å². The molecular weight excluding hydrogens is 355 g/mol. The summed E-state index contributed by atoms with van der Waals surface area (Å²) in [6, 6.07) is 27.0. The van der Waals surface area contributed by atoms with Gasteiger partial charge in [-0.25, -0.2) is 0 Å². The average Bonchev–Trinajstić information content (AvgIpc) is 2.73. The molecule has 0 N–H and O–H groups in total. The van der Waals surface area contributed by atoms with Crippen LogP contribution in [0.2, 0.25) is 0 Å². The summed E-state index contributed by atoms with van der Waals surface area (Å²) in [5, 5.41) is 4.13. The maximum Gasteiger partial charge on any atom is -0.0134 e. The predicted molar refractivity (Wildman–Crippen MR) is 129 cm³/mol. The van der Waals surface area contributed by atoms with Crippen molar-refractivity contribution in [1.29, 1.82) is 0 Å². The molecule has 28 heavy (non-hydrogen) atoms. The highest BCUT2D eigenvalue weighted by Gasteiger charge is 2.16. The lowest BCUT2D eigenvalue weighted by Gasteiger charge is -2.20. The van der Waals surface area contributed by atoms with Gasteiger partial charge in [-0.2, -0.15) is 0 Å². The molecule has 0 unspecified atom stereocenters. The second-order valence-corrected chi connectivity index (χ2v) is 8.83. The monoisotopic (exact) mass is 382 g/mol. The largest absolute Gasteiger partial charge is 0.0871 e. The number of hydrogen-bond acceptors (Lipinski definition) is 0. The van der Waals surface area contributed by atoms with Crippen LogP contribution in [0, 0.1) is 0 Å². The van der Waals surface area contributed by atoms with Crippen molar-refractivity contribution in [2.24, 2.45) is 0 Å². The Morgan fingerprint density at radius 2 is 0.679 bits per heavy atom. The third kappa shape index (κ3) is 4.97. The van der Waals surface area contributed by atoms with Crippen molar-refractivity contribution < 1.29 is 0 Å². The molecule has 140 valence electrons. The summed E-state index contributed by atoms with van der Waals surface area (Å²) in [6.07, 6.45) is 12.7. The summed E-state index contributed by atoms with van der Waals surface area (Å²) in [4.78, 5) is 0. The molecule has 0 spiro atoms. The summed E-state index contributed by atoms with van der Waals surface area (Å²) < 4.78 is 0. The number of allylic oxidation sites excluding steroid dienone is 3. The van der Waals surface area contributed by atoms with Crippen LogP contribution >= 0.6 is 7.92 Å². The lowest BCUT2D eigenvalue weighted by molar-refractivity contribution is 1.66. The zero-order valence-electron chi connectivity index (χ0n) is 16.8. The molecule has 0 saturated heterocycles. The molecule has 0 amide bonds. The summed E-state index contributed by atoms with van der Waals surface area (Å²) in [6.45, 7) is 6.16. The molecule has 3 aromatic carbocycles. The maximum atomic E-state index is 2.28. The Kier molecular flexibility index (Phi) is 7.18. The third-order valence-electron chi connectivity index (χ3n) is 4.53. The van der Waals surface area contributed by atoms with Crippen molar-refractivity contribution in [3.8, 4) is 0 Å². The van der Waals surface area contributed by atoms with Crippen molar-refractivity contribution in [3.05, 3.63) is 108 Å². The smallest absolute Gasteiger partial charge is 0.0134 e. The van der Waals surface area contributed by atoms with Crippen molar-refractivity contribution in [2.45, 2.75) is 20.8 Å². The summed E-state index contributed by atoms with van der Waals surface area (Å²) in [5.41, 5.74) is 3.73. The van der Waals surface area contributed by atoms with Crippen LogP contribution in [-0.4, -0.2) is 0 Å². The van der Waals surface area contributed by atoms with Crippen LogP contribution in [0.25, 0.3) is 18.2 Å². The van der Waals surface area contributed by atoms with Crippen LogP contribution in [0.1, 0.15) is 37.5 Å². The van der Waals surface area contributed by atoms with Gasteiger partial charge in [0.05, 0.1) is 0 Å². The van der Waals surface area contributed by atoms with Crippen molar-refractivity contribution >= 4 is 42.1 Å². The minimum Gasteiger partial charge on any atom is -0.0871 e. The zero-order chi connectivity index (χ0) is 19.8. The SMILES string of the molecule is CC=Cc1ccc(P(c2ccc(C=CC)cc2)c2ccc(C=CC)cc2)cc1. The molecule has 0 nitrogen and oxygen atoms in total. The molecule has 0 aliphatic heterocycles.